The van der Waals surface area contributed by atoms with E-state index in [1.807, 2.05) is 12.1 Å². The van der Waals surface area contributed by atoms with Gasteiger partial charge in [0.1, 0.15) is 4.60 Å². The number of aromatic amines is 1. The number of aromatic nitrogens is 2. The van der Waals surface area contributed by atoms with Gasteiger partial charge in [-0.05, 0) is 35.0 Å². The lowest BCUT2D eigenvalue weighted by Crippen LogP contribution is -1.78. The summed E-state index contributed by atoms with van der Waals surface area (Å²) >= 11 is 3.33. The Hall–Kier alpha value is -1.09. The minimum Gasteiger partial charge on any atom is -0.271 e. The third-order valence-corrected chi connectivity index (χ3v) is 2.27. The van der Waals surface area contributed by atoms with E-state index in [1.54, 1.807) is 0 Å². The molecular weight excluding hydrogens is 228 g/mol. The van der Waals surface area contributed by atoms with Crippen LogP contribution < -0.4 is 0 Å². The maximum atomic E-state index is 4.16. The summed E-state index contributed by atoms with van der Waals surface area (Å²) in [4.78, 5) is 0. The molecule has 0 amide bonds. The van der Waals surface area contributed by atoms with Crippen molar-refractivity contribution in [2.75, 3.05) is 0 Å². The van der Waals surface area contributed by atoms with E-state index in [2.05, 4.69) is 51.3 Å². The normalized spacial score (nSPS) is 10.3. The number of nitrogens with zero attached hydrogens (tertiary/aromatic N) is 1. The number of hydrogen-bond donors (Lipinski definition) is 1. The Morgan fingerprint density at radius 2 is 2.15 bits per heavy atom. The second-order valence-electron chi connectivity index (χ2n) is 2.97. The molecule has 0 spiro atoms. The molecule has 0 unspecified atom stereocenters. The highest BCUT2D eigenvalue weighted by Crippen LogP contribution is 2.20. The SMILES string of the molecule is Cc1cccc(-c2cc(Br)[nH]n2)c1. The summed E-state index contributed by atoms with van der Waals surface area (Å²) in [6, 6.07) is 10.2. The Kier molecular flexibility index (Phi) is 2.19. The molecule has 66 valence electrons. The van der Waals surface area contributed by atoms with Crippen LogP contribution in [0.15, 0.2) is 34.9 Å². The Morgan fingerprint density at radius 3 is 2.77 bits per heavy atom. The summed E-state index contributed by atoms with van der Waals surface area (Å²) in [7, 11) is 0. The Bertz CT molecular complexity index is 420. The van der Waals surface area contributed by atoms with Crippen LogP contribution in [0.4, 0.5) is 0 Å². The van der Waals surface area contributed by atoms with E-state index in [0.29, 0.717) is 0 Å². The summed E-state index contributed by atoms with van der Waals surface area (Å²) in [5.74, 6) is 0. The molecule has 0 saturated carbocycles. The van der Waals surface area contributed by atoms with Gasteiger partial charge in [0.2, 0.25) is 0 Å². The average molecular weight is 237 g/mol. The zero-order valence-corrected chi connectivity index (χ0v) is 8.80. The van der Waals surface area contributed by atoms with Gasteiger partial charge in [0.05, 0.1) is 5.69 Å². The van der Waals surface area contributed by atoms with Crippen LogP contribution >= 0.6 is 15.9 Å². The topological polar surface area (TPSA) is 28.7 Å². The van der Waals surface area contributed by atoms with Gasteiger partial charge in [-0.25, -0.2) is 0 Å². The number of halogens is 1. The molecule has 1 aromatic heterocycles. The Labute approximate surface area is 85.1 Å². The first-order valence-corrected chi connectivity index (χ1v) is 4.83. The minimum atomic E-state index is 0.906. The van der Waals surface area contributed by atoms with Crippen molar-refractivity contribution >= 4 is 15.9 Å². The minimum absolute atomic E-state index is 0.906. The third kappa shape index (κ3) is 1.80. The maximum absolute atomic E-state index is 4.16. The van der Waals surface area contributed by atoms with Crippen molar-refractivity contribution < 1.29 is 0 Å². The number of aryl methyl sites for hydroxylation is 1. The van der Waals surface area contributed by atoms with Crippen LogP contribution in [0.2, 0.25) is 0 Å². The van der Waals surface area contributed by atoms with Gasteiger partial charge < -0.3 is 0 Å². The monoisotopic (exact) mass is 236 g/mol. The number of nitrogens with one attached hydrogen (secondary N) is 1. The van der Waals surface area contributed by atoms with Crippen molar-refractivity contribution in [1.82, 2.24) is 10.2 Å². The molecule has 0 radical (unpaired) electrons. The van der Waals surface area contributed by atoms with E-state index in [0.717, 1.165) is 15.9 Å². The quantitative estimate of drug-likeness (QED) is 0.810. The third-order valence-electron chi connectivity index (χ3n) is 1.86. The Morgan fingerprint density at radius 1 is 1.31 bits per heavy atom. The molecule has 2 aromatic rings. The molecule has 0 fully saturated rings. The number of hydrogen-bond acceptors (Lipinski definition) is 1. The van der Waals surface area contributed by atoms with Crippen LogP contribution in [0, 0.1) is 6.92 Å². The average Bonchev–Trinajstić information content (AvgIpc) is 2.52. The summed E-state index contributed by atoms with van der Waals surface area (Å²) in [5, 5.41) is 7.01. The molecule has 0 atom stereocenters. The van der Waals surface area contributed by atoms with E-state index in [9.17, 15) is 0 Å². The molecule has 2 rings (SSSR count). The second-order valence-corrected chi connectivity index (χ2v) is 3.82. The van der Waals surface area contributed by atoms with Crippen molar-refractivity contribution in [3.05, 3.63) is 40.5 Å². The Balaban J connectivity index is 2.46. The fourth-order valence-corrected chi connectivity index (χ4v) is 1.56. The van der Waals surface area contributed by atoms with Crippen LogP contribution in [0.3, 0.4) is 0 Å². The fourth-order valence-electron chi connectivity index (χ4n) is 1.25. The van der Waals surface area contributed by atoms with Crippen LogP contribution in [-0.2, 0) is 0 Å². The molecule has 0 aliphatic heterocycles. The molecule has 0 saturated heterocycles. The summed E-state index contributed by atoms with van der Waals surface area (Å²) in [5.41, 5.74) is 3.36. The number of rotatable bonds is 1. The van der Waals surface area contributed by atoms with Gasteiger partial charge in [0.15, 0.2) is 0 Å². The molecule has 3 heteroatoms. The molecule has 1 heterocycles. The highest BCUT2D eigenvalue weighted by Gasteiger charge is 2.01. The summed E-state index contributed by atoms with van der Waals surface area (Å²) in [6.45, 7) is 2.07. The molecule has 0 aliphatic carbocycles. The molecular formula is C10H9BrN2. The number of benzene rings is 1. The van der Waals surface area contributed by atoms with Crippen molar-refractivity contribution in [2.45, 2.75) is 6.92 Å². The second kappa shape index (κ2) is 3.34. The van der Waals surface area contributed by atoms with Gasteiger partial charge in [-0.15, -0.1) is 0 Å². The van der Waals surface area contributed by atoms with Crippen molar-refractivity contribution in [2.24, 2.45) is 0 Å². The molecule has 13 heavy (non-hydrogen) atoms. The molecule has 1 aromatic carbocycles. The first-order chi connectivity index (χ1) is 6.25. The van der Waals surface area contributed by atoms with Crippen molar-refractivity contribution in [3.8, 4) is 11.3 Å². The van der Waals surface area contributed by atoms with E-state index in [1.165, 1.54) is 5.56 Å². The van der Waals surface area contributed by atoms with E-state index in [-0.39, 0.29) is 0 Å². The lowest BCUT2D eigenvalue weighted by Gasteiger charge is -1.96. The van der Waals surface area contributed by atoms with Crippen molar-refractivity contribution in [3.63, 3.8) is 0 Å². The zero-order chi connectivity index (χ0) is 9.26. The van der Waals surface area contributed by atoms with Gasteiger partial charge in [-0.1, -0.05) is 23.8 Å². The maximum Gasteiger partial charge on any atom is 0.101 e. The van der Waals surface area contributed by atoms with Gasteiger partial charge >= 0.3 is 0 Å². The predicted molar refractivity (Wildman–Crippen MR) is 56.5 cm³/mol. The fraction of sp³-hybridized carbons (Fsp3) is 0.100. The lowest BCUT2D eigenvalue weighted by atomic mass is 10.1. The van der Waals surface area contributed by atoms with Crippen LogP contribution in [-0.4, -0.2) is 10.2 Å². The van der Waals surface area contributed by atoms with Crippen LogP contribution in [0.1, 0.15) is 5.56 Å². The smallest absolute Gasteiger partial charge is 0.101 e. The van der Waals surface area contributed by atoms with Crippen LogP contribution in [0.25, 0.3) is 11.3 Å². The molecule has 2 nitrogen and oxygen atoms in total. The van der Waals surface area contributed by atoms with Crippen molar-refractivity contribution in [1.29, 1.82) is 0 Å². The summed E-state index contributed by atoms with van der Waals surface area (Å²) in [6.07, 6.45) is 0. The highest BCUT2D eigenvalue weighted by molar-refractivity contribution is 9.10. The van der Waals surface area contributed by atoms with E-state index < -0.39 is 0 Å². The highest BCUT2D eigenvalue weighted by atomic mass is 79.9. The lowest BCUT2D eigenvalue weighted by molar-refractivity contribution is 1.07. The van der Waals surface area contributed by atoms with Gasteiger partial charge in [0.25, 0.3) is 0 Å². The zero-order valence-electron chi connectivity index (χ0n) is 7.21. The molecule has 0 aliphatic rings. The first-order valence-electron chi connectivity index (χ1n) is 4.03. The number of H-pyrrole nitrogens is 1. The largest absolute Gasteiger partial charge is 0.271 e. The van der Waals surface area contributed by atoms with E-state index >= 15 is 0 Å². The van der Waals surface area contributed by atoms with Gasteiger partial charge in [-0.2, -0.15) is 5.10 Å². The van der Waals surface area contributed by atoms with Gasteiger partial charge in [0, 0.05) is 5.56 Å². The molecule has 1 N–H and O–H groups in total. The summed E-state index contributed by atoms with van der Waals surface area (Å²) < 4.78 is 0.906. The predicted octanol–water partition coefficient (Wildman–Crippen LogP) is 3.15. The van der Waals surface area contributed by atoms with E-state index in [4.69, 9.17) is 0 Å². The molecule has 0 bridgehead atoms. The first kappa shape index (κ1) is 8.51. The van der Waals surface area contributed by atoms with Gasteiger partial charge in [-0.3, -0.25) is 5.10 Å². The standard InChI is InChI=1S/C10H9BrN2/c1-7-3-2-4-8(5-7)9-6-10(11)13-12-9/h2-6H,1H3,(H,12,13). The van der Waals surface area contributed by atoms with Crippen LogP contribution in [0.5, 0.6) is 0 Å².